The summed E-state index contributed by atoms with van der Waals surface area (Å²) in [7, 11) is 0. The van der Waals surface area contributed by atoms with Crippen LogP contribution in [0, 0.1) is 5.92 Å². The van der Waals surface area contributed by atoms with E-state index in [0.717, 1.165) is 24.5 Å². The molecule has 1 fully saturated rings. The van der Waals surface area contributed by atoms with Gasteiger partial charge in [0.2, 0.25) is 0 Å². The molecule has 1 heterocycles. The van der Waals surface area contributed by atoms with Gasteiger partial charge in [-0.25, -0.2) is 0 Å². The smallest absolute Gasteiger partial charge is 0.0790 e. The molecule has 0 radical (unpaired) electrons. The fourth-order valence-electron chi connectivity index (χ4n) is 3.44. The normalized spacial score (nSPS) is 21.3. The van der Waals surface area contributed by atoms with E-state index in [1.165, 1.54) is 49.7 Å². The molecule has 1 aliphatic carbocycles. The Morgan fingerprint density at radius 3 is 2.74 bits per heavy atom. The predicted octanol–water partition coefficient (Wildman–Crippen LogP) is 4.11. The summed E-state index contributed by atoms with van der Waals surface area (Å²) in [6.45, 7) is 1.44. The highest BCUT2D eigenvalue weighted by atomic mass is 16.5. The van der Waals surface area contributed by atoms with Crippen molar-refractivity contribution in [3.8, 4) is 0 Å². The number of benzene rings is 1. The second-order valence-electron chi connectivity index (χ2n) is 6.12. The van der Waals surface area contributed by atoms with E-state index in [-0.39, 0.29) is 6.10 Å². The molecule has 3 rings (SSSR count). The second kappa shape index (κ2) is 6.06. The van der Waals surface area contributed by atoms with Gasteiger partial charge in [-0.3, -0.25) is 0 Å². The zero-order valence-electron chi connectivity index (χ0n) is 11.6. The van der Waals surface area contributed by atoms with Crippen molar-refractivity contribution in [2.45, 2.75) is 64.3 Å². The first-order chi connectivity index (χ1) is 9.33. The van der Waals surface area contributed by atoms with Crippen LogP contribution in [0.2, 0.25) is 0 Å². The number of hydrogen-bond donors (Lipinski definition) is 1. The van der Waals surface area contributed by atoms with Crippen LogP contribution in [0.1, 0.15) is 67.7 Å². The van der Waals surface area contributed by atoms with Gasteiger partial charge in [0.05, 0.1) is 19.3 Å². The Hall–Kier alpha value is -0.860. The predicted molar refractivity (Wildman–Crippen MR) is 75.7 cm³/mol. The summed E-state index contributed by atoms with van der Waals surface area (Å²) in [6, 6.07) is 6.31. The van der Waals surface area contributed by atoms with Crippen LogP contribution in [0.25, 0.3) is 0 Å². The molecule has 2 heteroatoms. The van der Waals surface area contributed by atoms with E-state index in [2.05, 4.69) is 18.2 Å². The fraction of sp³-hybridized carbons (Fsp3) is 0.647. The van der Waals surface area contributed by atoms with Crippen LogP contribution in [0.5, 0.6) is 0 Å². The Morgan fingerprint density at radius 2 is 1.89 bits per heavy atom. The van der Waals surface area contributed by atoms with Gasteiger partial charge in [-0.15, -0.1) is 0 Å². The highest BCUT2D eigenvalue weighted by molar-refractivity contribution is 5.34. The largest absolute Gasteiger partial charge is 0.388 e. The minimum Gasteiger partial charge on any atom is -0.388 e. The zero-order valence-corrected chi connectivity index (χ0v) is 11.6. The van der Waals surface area contributed by atoms with Gasteiger partial charge in [-0.05, 0) is 35.4 Å². The Bertz CT molecular complexity index is 421. The Balaban J connectivity index is 1.56. The average Bonchev–Trinajstić information content (AvgIpc) is 2.93. The molecular weight excluding hydrogens is 236 g/mol. The quantitative estimate of drug-likeness (QED) is 0.882. The first-order valence-electron chi connectivity index (χ1n) is 7.70. The van der Waals surface area contributed by atoms with Crippen molar-refractivity contribution >= 4 is 0 Å². The van der Waals surface area contributed by atoms with Crippen LogP contribution >= 0.6 is 0 Å². The molecule has 1 aromatic rings. The summed E-state index contributed by atoms with van der Waals surface area (Å²) >= 11 is 0. The minimum atomic E-state index is -0.298. The molecule has 2 nitrogen and oxygen atoms in total. The summed E-state index contributed by atoms with van der Waals surface area (Å²) in [5.41, 5.74) is 3.61. The van der Waals surface area contributed by atoms with Crippen LogP contribution in [-0.4, -0.2) is 5.11 Å². The molecule has 104 valence electrons. The topological polar surface area (TPSA) is 29.5 Å². The summed E-state index contributed by atoms with van der Waals surface area (Å²) in [6.07, 6.45) is 8.69. The Morgan fingerprint density at radius 1 is 1.11 bits per heavy atom. The lowest BCUT2D eigenvalue weighted by Crippen LogP contribution is -2.08. The van der Waals surface area contributed by atoms with E-state index in [1.54, 1.807) is 0 Å². The number of aliphatic hydroxyl groups is 1. The van der Waals surface area contributed by atoms with Crippen LogP contribution < -0.4 is 0 Å². The molecule has 0 bridgehead atoms. The number of fused-ring (bicyclic) bond motifs is 1. The molecule has 0 amide bonds. The first-order valence-corrected chi connectivity index (χ1v) is 7.70. The average molecular weight is 260 g/mol. The van der Waals surface area contributed by atoms with E-state index < -0.39 is 0 Å². The van der Waals surface area contributed by atoms with E-state index in [0.29, 0.717) is 6.61 Å². The van der Waals surface area contributed by atoms with Gasteiger partial charge >= 0.3 is 0 Å². The highest BCUT2D eigenvalue weighted by Gasteiger charge is 2.18. The molecule has 0 aromatic heterocycles. The maximum Gasteiger partial charge on any atom is 0.0790 e. The Labute approximate surface area is 115 Å². The number of rotatable bonds is 4. The van der Waals surface area contributed by atoms with Crippen molar-refractivity contribution in [3.63, 3.8) is 0 Å². The summed E-state index contributed by atoms with van der Waals surface area (Å²) in [5.74, 6) is 0.848. The van der Waals surface area contributed by atoms with E-state index in [1.807, 2.05) is 0 Å². The maximum atomic E-state index is 10.3. The molecule has 0 saturated heterocycles. The first kappa shape index (κ1) is 13.1. The number of aliphatic hydroxyl groups excluding tert-OH is 1. The molecule has 1 N–H and O–H groups in total. The summed E-state index contributed by atoms with van der Waals surface area (Å²) in [4.78, 5) is 0. The summed E-state index contributed by atoms with van der Waals surface area (Å²) in [5, 5.41) is 10.3. The number of ether oxygens (including phenoxy) is 1. The molecule has 0 spiro atoms. The molecule has 1 atom stereocenters. The maximum absolute atomic E-state index is 10.3. The van der Waals surface area contributed by atoms with Gasteiger partial charge in [-0.2, -0.15) is 0 Å². The lowest BCUT2D eigenvalue weighted by Gasteiger charge is -2.22. The third-order valence-electron chi connectivity index (χ3n) is 4.70. The zero-order chi connectivity index (χ0) is 13.1. The lowest BCUT2D eigenvalue weighted by atomic mass is 9.85. The van der Waals surface area contributed by atoms with E-state index in [4.69, 9.17) is 4.74 Å². The van der Waals surface area contributed by atoms with Gasteiger partial charge in [0.15, 0.2) is 0 Å². The molecule has 2 aliphatic rings. The van der Waals surface area contributed by atoms with Gasteiger partial charge in [0.25, 0.3) is 0 Å². The van der Waals surface area contributed by atoms with Crippen LogP contribution in [0.4, 0.5) is 0 Å². The molecular formula is C17H24O2. The Kier molecular flexibility index (Phi) is 4.19. The third-order valence-corrected chi connectivity index (χ3v) is 4.70. The van der Waals surface area contributed by atoms with Crippen molar-refractivity contribution < 1.29 is 9.84 Å². The van der Waals surface area contributed by atoms with Crippen molar-refractivity contribution in [3.05, 3.63) is 34.9 Å². The van der Waals surface area contributed by atoms with Crippen molar-refractivity contribution in [2.75, 3.05) is 0 Å². The summed E-state index contributed by atoms with van der Waals surface area (Å²) < 4.78 is 5.42. The molecule has 1 aromatic carbocycles. The molecule has 19 heavy (non-hydrogen) atoms. The van der Waals surface area contributed by atoms with E-state index >= 15 is 0 Å². The van der Waals surface area contributed by atoms with Crippen molar-refractivity contribution in [1.82, 2.24) is 0 Å². The van der Waals surface area contributed by atoms with Crippen LogP contribution in [0.3, 0.4) is 0 Å². The third kappa shape index (κ3) is 3.18. The number of hydrogen-bond acceptors (Lipinski definition) is 2. The van der Waals surface area contributed by atoms with Crippen molar-refractivity contribution in [1.29, 1.82) is 0 Å². The van der Waals surface area contributed by atoms with Gasteiger partial charge in [0, 0.05) is 0 Å². The van der Waals surface area contributed by atoms with Gasteiger partial charge in [-0.1, -0.05) is 50.3 Å². The minimum absolute atomic E-state index is 0.298. The van der Waals surface area contributed by atoms with Gasteiger partial charge in [0.1, 0.15) is 0 Å². The molecule has 1 saturated carbocycles. The molecule has 1 aliphatic heterocycles. The second-order valence-corrected chi connectivity index (χ2v) is 6.12. The standard InChI is InChI=1S/C17H24O2/c18-17(9-6-13-4-2-1-3-5-13)14-7-8-15-11-19-12-16(15)10-14/h7-8,10,13,17-18H,1-6,9,11-12H2. The SMILES string of the molecule is OC(CCC1CCCCC1)c1ccc2c(c1)COC2. The monoisotopic (exact) mass is 260 g/mol. The fourth-order valence-corrected chi connectivity index (χ4v) is 3.44. The van der Waals surface area contributed by atoms with E-state index in [9.17, 15) is 5.11 Å². The highest BCUT2D eigenvalue weighted by Crippen LogP contribution is 2.31. The van der Waals surface area contributed by atoms with Gasteiger partial charge < -0.3 is 9.84 Å². The molecule has 1 unspecified atom stereocenters. The van der Waals surface area contributed by atoms with Crippen LogP contribution in [-0.2, 0) is 18.0 Å². The van der Waals surface area contributed by atoms with Crippen LogP contribution in [0.15, 0.2) is 18.2 Å². The lowest BCUT2D eigenvalue weighted by molar-refractivity contribution is 0.134. The van der Waals surface area contributed by atoms with Crippen molar-refractivity contribution in [2.24, 2.45) is 5.92 Å².